The van der Waals surface area contributed by atoms with Crippen molar-refractivity contribution in [2.75, 3.05) is 30.5 Å². The second-order valence-electron chi connectivity index (χ2n) is 5.96. The van der Waals surface area contributed by atoms with Gasteiger partial charge in [-0.2, -0.15) is 0 Å². The zero-order valence-corrected chi connectivity index (χ0v) is 17.5. The first kappa shape index (κ1) is 20.8. The third-order valence-corrected chi connectivity index (χ3v) is 4.45. The lowest BCUT2D eigenvalue weighted by Gasteiger charge is -2.15. The molecule has 2 N–H and O–H groups in total. The Bertz CT molecular complexity index is 1030. The molecule has 1 amide bonds. The van der Waals surface area contributed by atoms with Crippen LogP contribution in [0, 0.1) is 0 Å². The van der Waals surface area contributed by atoms with Crippen LogP contribution in [0.4, 0.5) is 17.2 Å². The maximum Gasteiger partial charge on any atom is 0.247 e. The molecule has 0 saturated heterocycles. The van der Waals surface area contributed by atoms with Gasteiger partial charge in [-0.25, -0.2) is 9.97 Å². The van der Waals surface area contributed by atoms with E-state index in [1.807, 2.05) is 31.2 Å². The largest absolute Gasteiger partial charge is 0.489 e. The second-order valence-corrected chi connectivity index (χ2v) is 6.88. The van der Waals surface area contributed by atoms with Crippen LogP contribution < -0.4 is 15.4 Å². The van der Waals surface area contributed by atoms with Crippen molar-refractivity contribution in [3.8, 4) is 5.75 Å². The molecule has 1 aromatic heterocycles. The molecular weight excluding hydrogens is 436 g/mol. The lowest BCUT2D eigenvalue weighted by molar-refractivity contribution is -0.111. The number of benzene rings is 2. The van der Waals surface area contributed by atoms with Gasteiger partial charge in [0.2, 0.25) is 5.91 Å². The topological polar surface area (TPSA) is 85.4 Å². The maximum absolute atomic E-state index is 11.9. The lowest BCUT2D eigenvalue weighted by atomic mass is 10.1. The van der Waals surface area contributed by atoms with Gasteiger partial charge in [-0.15, -0.1) is 0 Å². The molecule has 0 atom stereocenters. The Morgan fingerprint density at radius 3 is 2.86 bits per heavy atom. The van der Waals surface area contributed by atoms with Gasteiger partial charge in [0.15, 0.2) is 0 Å². The van der Waals surface area contributed by atoms with Gasteiger partial charge >= 0.3 is 0 Å². The number of nitrogens with one attached hydrogen (secondary N) is 2. The van der Waals surface area contributed by atoms with Crippen LogP contribution in [0.1, 0.15) is 6.92 Å². The van der Waals surface area contributed by atoms with Crippen molar-refractivity contribution in [2.24, 2.45) is 0 Å². The molecular formula is C21H21BrN4O3. The fraction of sp³-hybridized carbons (Fsp3) is 0.190. The summed E-state index contributed by atoms with van der Waals surface area (Å²) >= 11 is 3.46. The Labute approximate surface area is 177 Å². The third kappa shape index (κ3) is 5.52. The first-order valence-electron chi connectivity index (χ1n) is 9.06. The highest BCUT2D eigenvalue weighted by Gasteiger charge is 2.13. The smallest absolute Gasteiger partial charge is 0.247 e. The molecule has 150 valence electrons. The van der Waals surface area contributed by atoms with E-state index in [0.717, 1.165) is 15.5 Å². The Morgan fingerprint density at radius 2 is 2.10 bits per heavy atom. The minimum absolute atomic E-state index is 0.336. The zero-order chi connectivity index (χ0) is 20.6. The fourth-order valence-corrected chi connectivity index (χ4v) is 3.04. The van der Waals surface area contributed by atoms with Gasteiger partial charge in [-0.1, -0.05) is 28.6 Å². The molecule has 3 aromatic rings. The summed E-state index contributed by atoms with van der Waals surface area (Å²) in [5, 5.41) is 6.81. The van der Waals surface area contributed by atoms with Crippen LogP contribution in [0.25, 0.3) is 10.9 Å². The molecule has 1 heterocycles. The first-order valence-corrected chi connectivity index (χ1v) is 9.85. The van der Waals surface area contributed by atoms with Crippen LogP contribution >= 0.6 is 15.9 Å². The normalized spacial score (nSPS) is 10.6. The average molecular weight is 457 g/mol. The predicted molar refractivity (Wildman–Crippen MR) is 118 cm³/mol. The molecule has 7 nitrogen and oxygen atoms in total. The van der Waals surface area contributed by atoms with E-state index in [-0.39, 0.29) is 5.91 Å². The van der Waals surface area contributed by atoms with E-state index in [1.54, 1.807) is 12.1 Å². The van der Waals surface area contributed by atoms with Gasteiger partial charge in [0, 0.05) is 28.2 Å². The quantitative estimate of drug-likeness (QED) is 0.359. The fourth-order valence-electron chi connectivity index (χ4n) is 2.64. The van der Waals surface area contributed by atoms with Gasteiger partial charge in [0.25, 0.3) is 0 Å². The monoisotopic (exact) mass is 456 g/mol. The number of carbonyl (C=O) groups excluding carboxylic acids is 1. The number of anilines is 3. The number of halogens is 1. The van der Waals surface area contributed by atoms with Gasteiger partial charge in [-0.3, -0.25) is 4.79 Å². The van der Waals surface area contributed by atoms with Crippen LogP contribution in [0.3, 0.4) is 0 Å². The predicted octanol–water partition coefficient (Wildman–Crippen LogP) is 4.68. The van der Waals surface area contributed by atoms with Crippen molar-refractivity contribution in [3.05, 3.63) is 59.9 Å². The number of ether oxygens (including phenoxy) is 2. The molecule has 3 rings (SSSR count). The molecule has 0 aliphatic carbocycles. The maximum atomic E-state index is 11.9. The van der Waals surface area contributed by atoms with Crippen molar-refractivity contribution in [2.45, 2.75) is 6.92 Å². The summed E-state index contributed by atoms with van der Waals surface area (Å²) < 4.78 is 12.1. The number of hydrogen-bond acceptors (Lipinski definition) is 6. The molecule has 0 aliphatic rings. The van der Waals surface area contributed by atoms with E-state index in [9.17, 15) is 4.79 Å². The van der Waals surface area contributed by atoms with E-state index in [2.05, 4.69) is 43.1 Å². The molecule has 0 aliphatic heterocycles. The summed E-state index contributed by atoms with van der Waals surface area (Å²) in [5.41, 5.74) is 2.06. The number of amides is 1. The Balaban J connectivity index is 1.98. The minimum atomic E-state index is -0.336. The Kier molecular flexibility index (Phi) is 7.15. The highest BCUT2D eigenvalue weighted by molar-refractivity contribution is 9.10. The Hall–Kier alpha value is -2.97. The van der Waals surface area contributed by atoms with Crippen LogP contribution in [0.15, 0.2) is 59.9 Å². The Morgan fingerprint density at radius 1 is 1.24 bits per heavy atom. The van der Waals surface area contributed by atoms with Crippen LogP contribution in [0.2, 0.25) is 0 Å². The molecule has 0 spiro atoms. The number of nitrogens with zero attached hydrogens (tertiary/aromatic N) is 2. The summed E-state index contributed by atoms with van der Waals surface area (Å²) in [5.74, 6) is 0.778. The van der Waals surface area contributed by atoms with E-state index >= 15 is 0 Å². The van der Waals surface area contributed by atoms with Crippen LogP contribution in [0.5, 0.6) is 5.75 Å². The number of aromatic nitrogens is 2. The molecule has 0 unspecified atom stereocenters. The second kappa shape index (κ2) is 9.99. The van der Waals surface area contributed by atoms with E-state index in [4.69, 9.17) is 9.47 Å². The molecule has 2 aromatic carbocycles. The SMILES string of the molecule is C=CC(=O)Nc1cc2c(Nc3cccc(Br)c3)ncnc2cc1OCCOCC. The van der Waals surface area contributed by atoms with Crippen molar-refractivity contribution in [1.82, 2.24) is 9.97 Å². The van der Waals surface area contributed by atoms with Crippen LogP contribution in [-0.4, -0.2) is 35.7 Å². The van der Waals surface area contributed by atoms with Crippen molar-refractivity contribution in [3.63, 3.8) is 0 Å². The molecule has 8 heteroatoms. The van der Waals surface area contributed by atoms with E-state index in [0.29, 0.717) is 42.6 Å². The van der Waals surface area contributed by atoms with E-state index < -0.39 is 0 Å². The third-order valence-electron chi connectivity index (χ3n) is 3.96. The highest BCUT2D eigenvalue weighted by Crippen LogP contribution is 2.33. The molecule has 0 fully saturated rings. The van der Waals surface area contributed by atoms with Crippen molar-refractivity contribution >= 4 is 49.9 Å². The van der Waals surface area contributed by atoms with Gasteiger partial charge in [-0.05, 0) is 37.3 Å². The molecule has 0 saturated carbocycles. The molecule has 29 heavy (non-hydrogen) atoms. The average Bonchev–Trinajstić information content (AvgIpc) is 2.71. The van der Waals surface area contributed by atoms with Gasteiger partial charge in [0.1, 0.15) is 24.5 Å². The molecule has 0 bridgehead atoms. The summed E-state index contributed by atoms with van der Waals surface area (Å²) in [6.07, 6.45) is 2.69. The summed E-state index contributed by atoms with van der Waals surface area (Å²) in [4.78, 5) is 20.6. The first-order chi connectivity index (χ1) is 14.1. The van der Waals surface area contributed by atoms with Gasteiger partial charge < -0.3 is 20.1 Å². The summed E-state index contributed by atoms with van der Waals surface area (Å²) in [6, 6.07) is 11.3. The summed E-state index contributed by atoms with van der Waals surface area (Å²) in [6.45, 7) is 6.83. The van der Waals surface area contributed by atoms with E-state index in [1.165, 1.54) is 12.4 Å². The number of carbonyl (C=O) groups is 1. The highest BCUT2D eigenvalue weighted by atomic mass is 79.9. The number of fused-ring (bicyclic) bond motifs is 1. The van der Waals surface area contributed by atoms with Crippen LogP contribution in [-0.2, 0) is 9.53 Å². The number of rotatable bonds is 9. The van der Waals surface area contributed by atoms with Crippen molar-refractivity contribution < 1.29 is 14.3 Å². The summed E-state index contributed by atoms with van der Waals surface area (Å²) in [7, 11) is 0. The molecule has 0 radical (unpaired) electrons. The standard InChI is InChI=1S/C21H21BrN4O3/c1-3-20(27)26-18-11-16-17(12-19(18)29-9-8-28-4-2)23-13-24-21(16)25-15-7-5-6-14(22)10-15/h3,5-7,10-13H,1,4,8-9H2,2H3,(H,26,27)(H,23,24,25). The minimum Gasteiger partial charge on any atom is -0.489 e. The van der Waals surface area contributed by atoms with Gasteiger partial charge in [0.05, 0.1) is 17.8 Å². The number of hydrogen-bond donors (Lipinski definition) is 2. The van der Waals surface area contributed by atoms with Crippen molar-refractivity contribution in [1.29, 1.82) is 0 Å². The lowest BCUT2D eigenvalue weighted by Crippen LogP contribution is -2.12. The zero-order valence-electron chi connectivity index (χ0n) is 15.9.